The molecule has 0 heterocycles. The van der Waals surface area contributed by atoms with Crippen molar-refractivity contribution in [3.63, 3.8) is 0 Å². The summed E-state index contributed by atoms with van der Waals surface area (Å²) in [5.41, 5.74) is 0. The zero-order valence-corrected chi connectivity index (χ0v) is 10.4. The van der Waals surface area contributed by atoms with Gasteiger partial charge in [-0.3, -0.25) is 0 Å². The molecule has 2 atom stereocenters. The van der Waals surface area contributed by atoms with Gasteiger partial charge in [-0.05, 0) is 25.7 Å². The first kappa shape index (κ1) is 13.6. The molecule has 0 aliphatic rings. The molecular weight excluding hydrogens is 203 g/mol. The molecule has 0 aromatic rings. The van der Waals surface area contributed by atoms with Gasteiger partial charge in [-0.25, -0.2) is 0 Å². The quantitative estimate of drug-likeness (QED) is 0.404. The van der Waals surface area contributed by atoms with Gasteiger partial charge in [0, 0.05) is 10.8 Å². The van der Waals surface area contributed by atoms with Gasteiger partial charge in [-0.2, -0.15) is 0 Å². The number of alkyl halides is 2. The Balaban J connectivity index is 3.08. The summed E-state index contributed by atoms with van der Waals surface area (Å²) in [6.45, 7) is 4.28. The van der Waals surface area contributed by atoms with E-state index >= 15 is 0 Å². The molecule has 0 rings (SSSR count). The summed E-state index contributed by atoms with van der Waals surface area (Å²) in [5.74, 6) is 0. The first-order valence-electron chi connectivity index (χ1n) is 5.48. The highest BCUT2D eigenvalue weighted by atomic mass is 35.5. The van der Waals surface area contributed by atoms with E-state index in [-0.39, 0.29) is 0 Å². The van der Waals surface area contributed by atoms with Gasteiger partial charge in [-0.1, -0.05) is 33.1 Å². The van der Waals surface area contributed by atoms with E-state index in [1.54, 1.807) is 0 Å². The minimum Gasteiger partial charge on any atom is -0.123 e. The molecule has 0 spiro atoms. The summed E-state index contributed by atoms with van der Waals surface area (Å²) in [6, 6.07) is 0. The van der Waals surface area contributed by atoms with Crippen molar-refractivity contribution in [2.24, 2.45) is 0 Å². The monoisotopic (exact) mass is 224 g/mol. The number of rotatable bonds is 8. The minimum atomic E-state index is 0.387. The summed E-state index contributed by atoms with van der Waals surface area (Å²) in [5, 5.41) is 0.774. The van der Waals surface area contributed by atoms with Crippen LogP contribution in [0.25, 0.3) is 0 Å². The van der Waals surface area contributed by atoms with Crippen molar-refractivity contribution in [2.75, 3.05) is 0 Å². The minimum absolute atomic E-state index is 0.387. The van der Waals surface area contributed by atoms with Gasteiger partial charge in [0.05, 0.1) is 0 Å². The van der Waals surface area contributed by atoms with Crippen LogP contribution in [0.4, 0.5) is 0 Å². The zero-order valence-electron chi connectivity index (χ0n) is 8.86. The Morgan fingerprint density at radius 3 is 1.46 bits per heavy atom. The highest BCUT2D eigenvalue weighted by molar-refractivity contribution is 6.20. The fourth-order valence-corrected chi connectivity index (χ4v) is 1.63. The molecule has 0 saturated carbocycles. The first-order chi connectivity index (χ1) is 6.20. The molecule has 0 nitrogen and oxygen atoms in total. The van der Waals surface area contributed by atoms with E-state index in [1.165, 1.54) is 19.3 Å². The molecule has 13 heavy (non-hydrogen) atoms. The van der Waals surface area contributed by atoms with E-state index in [0.29, 0.717) is 10.8 Å². The van der Waals surface area contributed by atoms with E-state index in [4.69, 9.17) is 23.2 Å². The molecule has 0 N–H and O–H groups in total. The van der Waals surface area contributed by atoms with Gasteiger partial charge in [0.1, 0.15) is 0 Å². The number of unbranched alkanes of at least 4 members (excludes halogenated alkanes) is 2. The number of halogens is 2. The summed E-state index contributed by atoms with van der Waals surface area (Å²) in [4.78, 5) is 0. The first-order valence-corrected chi connectivity index (χ1v) is 6.36. The highest BCUT2D eigenvalue weighted by Crippen LogP contribution is 2.15. The average molecular weight is 225 g/mol. The molecule has 0 bridgehead atoms. The summed E-state index contributed by atoms with van der Waals surface area (Å²) < 4.78 is 0. The Morgan fingerprint density at radius 1 is 0.769 bits per heavy atom. The topological polar surface area (TPSA) is 0 Å². The fraction of sp³-hybridized carbons (Fsp3) is 1.00. The van der Waals surface area contributed by atoms with Crippen molar-refractivity contribution < 1.29 is 0 Å². The molecule has 80 valence electrons. The van der Waals surface area contributed by atoms with E-state index in [2.05, 4.69) is 13.8 Å². The Hall–Kier alpha value is 0.580. The lowest BCUT2D eigenvalue weighted by Crippen LogP contribution is -1.97. The predicted molar refractivity (Wildman–Crippen MR) is 62.9 cm³/mol. The normalized spacial score (nSPS) is 15.7. The zero-order chi connectivity index (χ0) is 10.1. The van der Waals surface area contributed by atoms with E-state index in [0.717, 1.165) is 25.7 Å². The lowest BCUT2D eigenvalue weighted by atomic mass is 10.1. The lowest BCUT2D eigenvalue weighted by Gasteiger charge is -2.07. The molecule has 0 amide bonds. The molecule has 0 aliphatic carbocycles. The summed E-state index contributed by atoms with van der Waals surface area (Å²) in [6.07, 6.45) is 8.31. The fourth-order valence-electron chi connectivity index (χ4n) is 1.32. The maximum Gasteiger partial charge on any atom is 0.0333 e. The highest BCUT2D eigenvalue weighted by Gasteiger charge is 2.02. The molecule has 0 aromatic carbocycles. The van der Waals surface area contributed by atoms with Crippen molar-refractivity contribution in [1.82, 2.24) is 0 Å². The average Bonchev–Trinajstić information content (AvgIpc) is 2.16. The van der Waals surface area contributed by atoms with Gasteiger partial charge < -0.3 is 0 Å². The van der Waals surface area contributed by atoms with Crippen LogP contribution in [0.15, 0.2) is 0 Å². The van der Waals surface area contributed by atoms with Crippen LogP contribution >= 0.6 is 23.2 Å². The van der Waals surface area contributed by atoms with Gasteiger partial charge in [-0.15, -0.1) is 23.2 Å². The maximum absolute atomic E-state index is 6.01. The summed E-state index contributed by atoms with van der Waals surface area (Å²) in [7, 11) is 0. The maximum atomic E-state index is 6.01. The van der Waals surface area contributed by atoms with Gasteiger partial charge in [0.15, 0.2) is 0 Å². The van der Waals surface area contributed by atoms with Crippen LogP contribution in [0.3, 0.4) is 0 Å². The number of hydrogen-bond donors (Lipinski definition) is 0. The largest absolute Gasteiger partial charge is 0.123 e. The molecule has 0 aromatic heterocycles. The van der Waals surface area contributed by atoms with Crippen molar-refractivity contribution >= 4 is 23.2 Å². The van der Waals surface area contributed by atoms with Crippen LogP contribution in [0.2, 0.25) is 0 Å². The van der Waals surface area contributed by atoms with Gasteiger partial charge in [0.25, 0.3) is 0 Å². The SMILES string of the molecule is CCC(Cl)CCCCCC(Cl)CC. The van der Waals surface area contributed by atoms with Crippen molar-refractivity contribution in [2.45, 2.75) is 69.5 Å². The third-order valence-electron chi connectivity index (χ3n) is 2.42. The second kappa shape index (κ2) is 9.15. The van der Waals surface area contributed by atoms with Crippen molar-refractivity contribution in [1.29, 1.82) is 0 Å². The molecular formula is C11H22Cl2. The Morgan fingerprint density at radius 2 is 1.15 bits per heavy atom. The predicted octanol–water partition coefficient (Wildman–Crippen LogP) is 4.97. The van der Waals surface area contributed by atoms with Crippen molar-refractivity contribution in [3.8, 4) is 0 Å². The third kappa shape index (κ3) is 8.90. The van der Waals surface area contributed by atoms with Crippen LogP contribution in [0.5, 0.6) is 0 Å². The molecule has 2 unspecified atom stereocenters. The second-order valence-corrected chi connectivity index (χ2v) is 4.88. The Labute approximate surface area is 93.0 Å². The van der Waals surface area contributed by atoms with Crippen molar-refractivity contribution in [3.05, 3.63) is 0 Å². The summed E-state index contributed by atoms with van der Waals surface area (Å²) >= 11 is 12.0. The van der Waals surface area contributed by atoms with Gasteiger partial charge >= 0.3 is 0 Å². The van der Waals surface area contributed by atoms with Gasteiger partial charge in [0.2, 0.25) is 0 Å². The van der Waals surface area contributed by atoms with Crippen LogP contribution in [-0.2, 0) is 0 Å². The standard InChI is InChI=1S/C11H22Cl2/c1-3-10(12)8-6-5-7-9-11(13)4-2/h10-11H,3-9H2,1-2H3. The third-order valence-corrected chi connectivity index (χ3v) is 3.47. The van der Waals surface area contributed by atoms with E-state index < -0.39 is 0 Å². The molecule has 0 radical (unpaired) electrons. The Kier molecular flexibility index (Phi) is 9.56. The van der Waals surface area contributed by atoms with E-state index in [1.807, 2.05) is 0 Å². The molecule has 2 heteroatoms. The van der Waals surface area contributed by atoms with Crippen LogP contribution in [-0.4, -0.2) is 10.8 Å². The van der Waals surface area contributed by atoms with Crippen LogP contribution in [0, 0.1) is 0 Å². The second-order valence-electron chi connectivity index (χ2n) is 3.65. The van der Waals surface area contributed by atoms with Crippen LogP contribution in [0.1, 0.15) is 58.8 Å². The molecule has 0 saturated heterocycles. The lowest BCUT2D eigenvalue weighted by molar-refractivity contribution is 0.578. The smallest absolute Gasteiger partial charge is 0.0333 e. The molecule has 0 fully saturated rings. The molecule has 0 aliphatic heterocycles. The number of hydrogen-bond acceptors (Lipinski definition) is 0. The van der Waals surface area contributed by atoms with Crippen LogP contribution < -0.4 is 0 Å². The van der Waals surface area contributed by atoms with E-state index in [9.17, 15) is 0 Å². The Bertz CT molecular complexity index is 92.3.